The molecule has 7 nitrogen and oxygen atoms in total. The second-order valence-electron chi connectivity index (χ2n) is 5.61. The number of anilines is 2. The fourth-order valence-electron chi connectivity index (χ4n) is 2.07. The summed E-state index contributed by atoms with van der Waals surface area (Å²) < 4.78 is 103. The first-order valence-corrected chi connectivity index (χ1v) is 10.4. The lowest BCUT2D eigenvalue weighted by Crippen LogP contribution is -2.29. The van der Waals surface area contributed by atoms with Crippen LogP contribution in [0.1, 0.15) is 5.56 Å². The summed E-state index contributed by atoms with van der Waals surface area (Å²) in [5.41, 5.74) is -8.39. The van der Waals surface area contributed by atoms with Crippen molar-refractivity contribution in [2.45, 2.75) is 16.6 Å². The lowest BCUT2D eigenvalue weighted by molar-refractivity contribution is -0.138. The minimum atomic E-state index is -6.45. The summed E-state index contributed by atoms with van der Waals surface area (Å²) in [5.74, 6) is -1.80. The molecule has 2 rings (SSSR count). The van der Waals surface area contributed by atoms with Gasteiger partial charge >= 0.3 is 27.8 Å². The van der Waals surface area contributed by atoms with E-state index in [0.29, 0.717) is 11.0 Å². The molecule has 2 aromatic carbocycles. The van der Waals surface area contributed by atoms with Crippen molar-refractivity contribution in [1.82, 2.24) is 0 Å². The van der Waals surface area contributed by atoms with Gasteiger partial charge in [-0.05, 0) is 48.2 Å². The number of thiocyanates is 1. The van der Waals surface area contributed by atoms with Crippen molar-refractivity contribution >= 4 is 50.9 Å². The molecule has 0 unspecified atom stereocenters. The third-order valence-electron chi connectivity index (χ3n) is 3.36. The highest BCUT2D eigenvalue weighted by molar-refractivity contribution is 8.03. The number of rotatable bonds is 5. The number of amides is 2. The van der Waals surface area contributed by atoms with E-state index in [4.69, 9.17) is 16.9 Å². The Morgan fingerprint density at radius 3 is 2.09 bits per heavy atom. The van der Waals surface area contributed by atoms with Crippen molar-refractivity contribution in [3.63, 3.8) is 0 Å². The fourth-order valence-corrected chi connectivity index (χ4v) is 3.24. The van der Waals surface area contributed by atoms with E-state index >= 15 is 0 Å². The van der Waals surface area contributed by atoms with Crippen molar-refractivity contribution in [2.24, 2.45) is 0 Å². The van der Waals surface area contributed by atoms with Crippen LogP contribution in [0.15, 0.2) is 41.3 Å². The van der Waals surface area contributed by atoms with Crippen LogP contribution in [0.3, 0.4) is 0 Å². The summed E-state index contributed by atoms with van der Waals surface area (Å²) in [6, 6.07) is 5.43. The molecule has 0 spiro atoms. The van der Waals surface area contributed by atoms with Crippen molar-refractivity contribution < 1.29 is 43.7 Å². The molecule has 0 aromatic heterocycles. The zero-order valence-electron chi connectivity index (χ0n) is 15.0. The molecule has 0 heterocycles. The maximum absolute atomic E-state index is 13.3. The zero-order valence-corrected chi connectivity index (χ0v) is 17.4. The van der Waals surface area contributed by atoms with E-state index in [1.54, 1.807) is 0 Å². The summed E-state index contributed by atoms with van der Waals surface area (Å²) in [6.07, 6.45) is -5.39. The summed E-state index contributed by atoms with van der Waals surface area (Å²) in [7, 11) is -6.45. The highest BCUT2D eigenvalue weighted by atomic mass is 35.5. The number of carbonyl (C=O) groups excluding carboxylic acids is 1. The predicted molar refractivity (Wildman–Crippen MR) is 103 cm³/mol. The van der Waals surface area contributed by atoms with Crippen LogP contribution in [0.4, 0.5) is 42.5 Å². The Hall–Kier alpha value is -2.83. The maximum Gasteiger partial charge on any atom is 0.534 e. The molecule has 32 heavy (non-hydrogen) atoms. The molecular formula is C16H8ClF6N3O4S2. The van der Waals surface area contributed by atoms with Gasteiger partial charge in [-0.2, -0.15) is 40.0 Å². The standard InChI is InChI=1S/C16H8ClF6N3O4S2/c17-12-6-9(26-14(27)25-8-1-3-10(4-2-8)31-7-24)5-11(15(18,19)20)13(12)30-32(28,29)16(21,22)23/h1-6H,(H2,25,26,27). The van der Waals surface area contributed by atoms with Gasteiger partial charge in [0.15, 0.2) is 5.75 Å². The smallest absolute Gasteiger partial charge is 0.374 e. The van der Waals surface area contributed by atoms with Crippen LogP contribution in [-0.2, 0) is 16.3 Å². The summed E-state index contributed by atoms with van der Waals surface area (Å²) in [5, 5.41) is 13.5. The second kappa shape index (κ2) is 9.35. The molecular weight excluding hydrogens is 512 g/mol. The van der Waals surface area contributed by atoms with Gasteiger partial charge in [0, 0.05) is 16.3 Å². The van der Waals surface area contributed by atoms with Gasteiger partial charge in [-0.15, -0.1) is 0 Å². The van der Waals surface area contributed by atoms with Crippen molar-refractivity contribution in [2.75, 3.05) is 10.6 Å². The molecule has 2 amide bonds. The number of nitrogens with one attached hydrogen (secondary N) is 2. The molecule has 0 aliphatic heterocycles. The molecule has 2 aromatic rings. The molecule has 0 aliphatic rings. The van der Waals surface area contributed by atoms with E-state index in [2.05, 4.69) is 9.50 Å². The van der Waals surface area contributed by atoms with Gasteiger partial charge in [0.25, 0.3) is 0 Å². The van der Waals surface area contributed by atoms with Crippen LogP contribution in [0.5, 0.6) is 5.75 Å². The molecule has 0 saturated heterocycles. The Labute approximate surface area is 185 Å². The molecule has 2 N–H and O–H groups in total. The number of urea groups is 1. The number of carbonyl (C=O) groups is 1. The second-order valence-corrected chi connectivity index (χ2v) is 8.42. The van der Waals surface area contributed by atoms with Gasteiger partial charge in [-0.3, -0.25) is 0 Å². The van der Waals surface area contributed by atoms with E-state index < -0.39 is 49.9 Å². The summed E-state index contributed by atoms with van der Waals surface area (Å²) in [6.45, 7) is 0. The monoisotopic (exact) mass is 519 g/mol. The van der Waals surface area contributed by atoms with Crippen LogP contribution < -0.4 is 14.8 Å². The first-order valence-electron chi connectivity index (χ1n) is 7.79. The molecule has 0 saturated carbocycles. The number of nitriles is 1. The fraction of sp³-hybridized carbons (Fsp3) is 0.125. The normalized spacial score (nSPS) is 12.1. The van der Waals surface area contributed by atoms with Crippen LogP contribution in [0.2, 0.25) is 5.02 Å². The Morgan fingerprint density at radius 2 is 1.59 bits per heavy atom. The first-order chi connectivity index (χ1) is 14.6. The van der Waals surface area contributed by atoms with E-state index in [9.17, 15) is 39.6 Å². The van der Waals surface area contributed by atoms with E-state index in [0.717, 1.165) is 11.8 Å². The summed E-state index contributed by atoms with van der Waals surface area (Å²) >= 11 is 6.38. The van der Waals surface area contributed by atoms with Crippen LogP contribution in [-0.4, -0.2) is 20.0 Å². The lowest BCUT2D eigenvalue weighted by atomic mass is 10.1. The summed E-state index contributed by atoms with van der Waals surface area (Å²) in [4.78, 5) is 12.6. The maximum atomic E-state index is 13.3. The number of hydrogen-bond acceptors (Lipinski definition) is 6. The van der Waals surface area contributed by atoms with Crippen molar-refractivity contribution in [3.05, 3.63) is 47.0 Å². The van der Waals surface area contributed by atoms with Crippen molar-refractivity contribution in [3.8, 4) is 11.2 Å². The highest BCUT2D eigenvalue weighted by Crippen LogP contribution is 2.44. The predicted octanol–water partition coefficient (Wildman–Crippen LogP) is 5.80. The highest BCUT2D eigenvalue weighted by Gasteiger charge is 2.50. The van der Waals surface area contributed by atoms with Gasteiger partial charge < -0.3 is 14.8 Å². The molecule has 0 atom stereocenters. The van der Waals surface area contributed by atoms with Gasteiger partial charge in [-0.25, -0.2) is 4.79 Å². The number of hydrogen-bond donors (Lipinski definition) is 2. The molecule has 0 radical (unpaired) electrons. The SMILES string of the molecule is N#CSc1ccc(NC(=O)Nc2cc(Cl)c(OS(=O)(=O)C(F)(F)F)c(C(F)(F)F)c2)cc1. The van der Waals surface area contributed by atoms with Crippen molar-refractivity contribution in [1.29, 1.82) is 5.26 Å². The molecule has 16 heteroatoms. The molecule has 172 valence electrons. The average Bonchev–Trinajstić information content (AvgIpc) is 2.63. The minimum Gasteiger partial charge on any atom is -0.374 e. The zero-order chi connectivity index (χ0) is 24.3. The number of halogens is 7. The quantitative estimate of drug-likeness (QED) is 0.170. The van der Waals surface area contributed by atoms with Gasteiger partial charge in [0.2, 0.25) is 0 Å². The van der Waals surface area contributed by atoms with Crippen LogP contribution in [0.25, 0.3) is 0 Å². The van der Waals surface area contributed by atoms with E-state index in [1.807, 2.05) is 10.7 Å². The molecule has 0 bridgehead atoms. The largest absolute Gasteiger partial charge is 0.534 e. The number of thioether (sulfide) groups is 1. The van der Waals surface area contributed by atoms with Crippen LogP contribution >= 0.6 is 23.4 Å². The number of alkyl halides is 6. The Morgan fingerprint density at radius 1 is 1.03 bits per heavy atom. The van der Waals surface area contributed by atoms with Gasteiger partial charge in [0.05, 0.1) is 5.02 Å². The topological polar surface area (TPSA) is 108 Å². The third kappa shape index (κ3) is 6.34. The Kier molecular flexibility index (Phi) is 7.43. The Bertz CT molecular complexity index is 1160. The molecule has 0 aliphatic carbocycles. The average molecular weight is 520 g/mol. The third-order valence-corrected chi connectivity index (χ3v) is 5.19. The lowest BCUT2D eigenvalue weighted by Gasteiger charge is -2.18. The van der Waals surface area contributed by atoms with E-state index in [1.165, 1.54) is 24.3 Å². The minimum absolute atomic E-state index is 0.152. The van der Waals surface area contributed by atoms with Crippen LogP contribution in [0, 0.1) is 10.7 Å². The first kappa shape index (κ1) is 25.4. The Balaban J connectivity index is 2.31. The van der Waals surface area contributed by atoms with Gasteiger partial charge in [0.1, 0.15) is 11.0 Å². The molecule has 0 fully saturated rings. The number of nitrogens with zero attached hydrogens (tertiary/aromatic N) is 1. The number of benzene rings is 2. The van der Waals surface area contributed by atoms with Gasteiger partial charge in [-0.1, -0.05) is 11.6 Å². The van der Waals surface area contributed by atoms with E-state index in [-0.39, 0.29) is 11.8 Å².